The Morgan fingerprint density at radius 3 is 2.59 bits per heavy atom. The third-order valence-corrected chi connectivity index (χ3v) is 2.80. The average Bonchev–Trinajstić information content (AvgIpc) is 2.28. The van der Waals surface area contributed by atoms with Crippen molar-refractivity contribution in [1.82, 2.24) is 4.98 Å². The number of hydrogen-bond acceptors (Lipinski definition) is 2. The van der Waals surface area contributed by atoms with Gasteiger partial charge in [-0.25, -0.2) is 9.37 Å². The third-order valence-electron chi connectivity index (χ3n) is 2.36. The van der Waals surface area contributed by atoms with Gasteiger partial charge < -0.3 is 5.73 Å². The summed E-state index contributed by atoms with van der Waals surface area (Å²) < 4.78 is 13.5. The molecule has 0 aliphatic carbocycles. The number of pyridine rings is 1. The average molecular weight is 271 g/mol. The lowest BCUT2D eigenvalue weighted by molar-refractivity contribution is 0.614. The van der Waals surface area contributed by atoms with Crippen molar-refractivity contribution in [3.63, 3.8) is 0 Å². The maximum atomic E-state index is 13.5. The standard InChI is InChI=1S/C12H9Cl2FN2/c13-9-1-2-11(15)7(4-9)3-8-5-10(14)6-17-12(8)16/h1-2,4-6H,3H2,(H2,16,17). The Morgan fingerprint density at radius 1 is 1.12 bits per heavy atom. The quantitative estimate of drug-likeness (QED) is 0.904. The molecule has 0 spiro atoms. The van der Waals surface area contributed by atoms with Gasteiger partial charge in [-0.1, -0.05) is 23.2 Å². The fraction of sp³-hybridized carbons (Fsp3) is 0.0833. The molecule has 0 atom stereocenters. The summed E-state index contributed by atoms with van der Waals surface area (Å²) in [6.07, 6.45) is 1.76. The summed E-state index contributed by atoms with van der Waals surface area (Å²) in [5, 5.41) is 0.951. The monoisotopic (exact) mass is 270 g/mol. The van der Waals surface area contributed by atoms with Crippen LogP contribution in [0.1, 0.15) is 11.1 Å². The van der Waals surface area contributed by atoms with Crippen molar-refractivity contribution >= 4 is 29.0 Å². The fourth-order valence-corrected chi connectivity index (χ4v) is 1.89. The molecule has 88 valence electrons. The van der Waals surface area contributed by atoms with Crippen LogP contribution in [0.3, 0.4) is 0 Å². The molecule has 2 N–H and O–H groups in total. The van der Waals surface area contributed by atoms with E-state index in [1.54, 1.807) is 12.1 Å². The molecule has 0 fully saturated rings. The summed E-state index contributed by atoms with van der Waals surface area (Å²) in [5.74, 6) is 0.0163. The van der Waals surface area contributed by atoms with Gasteiger partial charge in [0.15, 0.2) is 0 Å². The van der Waals surface area contributed by atoms with Crippen molar-refractivity contribution in [3.8, 4) is 0 Å². The molecule has 0 aliphatic rings. The maximum Gasteiger partial charge on any atom is 0.126 e. The molecule has 2 rings (SSSR count). The summed E-state index contributed by atoms with van der Waals surface area (Å²) in [6.45, 7) is 0. The van der Waals surface area contributed by atoms with Crippen LogP contribution in [-0.4, -0.2) is 4.98 Å². The van der Waals surface area contributed by atoms with Crippen LogP contribution >= 0.6 is 23.2 Å². The van der Waals surface area contributed by atoms with Crippen LogP contribution in [0.4, 0.5) is 10.2 Å². The number of nitrogen functional groups attached to an aromatic ring is 1. The van der Waals surface area contributed by atoms with E-state index in [2.05, 4.69) is 4.98 Å². The Morgan fingerprint density at radius 2 is 1.82 bits per heavy atom. The van der Waals surface area contributed by atoms with E-state index >= 15 is 0 Å². The second-order valence-corrected chi connectivity index (χ2v) is 4.48. The number of nitrogens with two attached hydrogens (primary N) is 1. The largest absolute Gasteiger partial charge is 0.383 e. The predicted octanol–water partition coefficient (Wildman–Crippen LogP) is 3.70. The van der Waals surface area contributed by atoms with Crippen LogP contribution in [-0.2, 0) is 6.42 Å². The van der Waals surface area contributed by atoms with Crippen molar-refractivity contribution in [2.24, 2.45) is 0 Å². The molecule has 0 aliphatic heterocycles. The van der Waals surface area contributed by atoms with E-state index < -0.39 is 0 Å². The van der Waals surface area contributed by atoms with Crippen molar-refractivity contribution in [3.05, 3.63) is 57.5 Å². The Hall–Kier alpha value is -1.32. The lowest BCUT2D eigenvalue weighted by Crippen LogP contribution is -2.00. The zero-order chi connectivity index (χ0) is 12.4. The van der Waals surface area contributed by atoms with Crippen LogP contribution in [0.5, 0.6) is 0 Å². The van der Waals surface area contributed by atoms with E-state index in [-0.39, 0.29) is 5.82 Å². The summed E-state index contributed by atoms with van der Waals surface area (Å²) in [6, 6.07) is 6.06. The van der Waals surface area contributed by atoms with Crippen LogP contribution in [0, 0.1) is 5.82 Å². The lowest BCUT2D eigenvalue weighted by Gasteiger charge is -2.07. The van der Waals surface area contributed by atoms with Crippen molar-refractivity contribution in [2.45, 2.75) is 6.42 Å². The van der Waals surface area contributed by atoms with Crippen LogP contribution in [0.25, 0.3) is 0 Å². The van der Waals surface area contributed by atoms with Gasteiger partial charge >= 0.3 is 0 Å². The molecule has 2 nitrogen and oxygen atoms in total. The van der Waals surface area contributed by atoms with E-state index in [1.807, 2.05) is 0 Å². The molecule has 1 aromatic carbocycles. The van der Waals surface area contributed by atoms with Gasteiger partial charge in [0.1, 0.15) is 11.6 Å². The van der Waals surface area contributed by atoms with Crippen LogP contribution in [0.15, 0.2) is 30.5 Å². The number of halogens is 3. The van der Waals surface area contributed by atoms with Gasteiger partial charge in [-0.3, -0.25) is 0 Å². The molecule has 0 unspecified atom stereocenters. The first-order valence-corrected chi connectivity index (χ1v) is 5.65. The Labute approximate surface area is 108 Å². The van der Waals surface area contributed by atoms with E-state index in [0.717, 1.165) is 0 Å². The second kappa shape index (κ2) is 4.90. The minimum absolute atomic E-state index is 0.311. The van der Waals surface area contributed by atoms with Gasteiger partial charge in [0.25, 0.3) is 0 Å². The topological polar surface area (TPSA) is 38.9 Å². The molecule has 17 heavy (non-hydrogen) atoms. The number of anilines is 1. The number of rotatable bonds is 2. The number of nitrogens with zero attached hydrogens (tertiary/aromatic N) is 1. The molecule has 0 saturated carbocycles. The number of benzene rings is 1. The molecule has 2 aromatic rings. The smallest absolute Gasteiger partial charge is 0.126 e. The highest BCUT2D eigenvalue weighted by atomic mass is 35.5. The first-order chi connectivity index (χ1) is 8.06. The molecule has 0 saturated heterocycles. The molecule has 5 heteroatoms. The van der Waals surface area contributed by atoms with E-state index in [1.165, 1.54) is 18.3 Å². The number of hydrogen-bond donors (Lipinski definition) is 1. The molecular weight excluding hydrogens is 262 g/mol. The lowest BCUT2D eigenvalue weighted by atomic mass is 10.1. The van der Waals surface area contributed by atoms with Gasteiger partial charge in [-0.15, -0.1) is 0 Å². The summed E-state index contributed by atoms with van der Waals surface area (Å²) in [5.41, 5.74) is 6.85. The molecule has 0 bridgehead atoms. The van der Waals surface area contributed by atoms with Crippen LogP contribution in [0.2, 0.25) is 10.0 Å². The van der Waals surface area contributed by atoms with Gasteiger partial charge in [0.2, 0.25) is 0 Å². The zero-order valence-electron chi connectivity index (χ0n) is 8.75. The summed E-state index contributed by atoms with van der Waals surface area (Å²) >= 11 is 11.6. The normalized spacial score (nSPS) is 10.5. The zero-order valence-corrected chi connectivity index (χ0v) is 10.3. The molecule has 1 heterocycles. The first-order valence-electron chi connectivity index (χ1n) is 4.90. The Bertz CT molecular complexity index is 509. The highest BCUT2D eigenvalue weighted by Gasteiger charge is 2.08. The highest BCUT2D eigenvalue weighted by molar-refractivity contribution is 6.30. The molecular formula is C12H9Cl2FN2. The third kappa shape index (κ3) is 2.87. The van der Waals surface area contributed by atoms with Gasteiger partial charge in [-0.2, -0.15) is 0 Å². The maximum absolute atomic E-state index is 13.5. The van der Waals surface area contributed by atoms with Crippen molar-refractivity contribution < 1.29 is 4.39 Å². The highest BCUT2D eigenvalue weighted by Crippen LogP contribution is 2.22. The minimum Gasteiger partial charge on any atom is -0.383 e. The van der Waals surface area contributed by atoms with Gasteiger partial charge in [-0.05, 0) is 29.8 Å². The first kappa shape index (κ1) is 12.1. The second-order valence-electron chi connectivity index (χ2n) is 3.61. The SMILES string of the molecule is Nc1ncc(Cl)cc1Cc1cc(Cl)ccc1F. The molecule has 0 amide bonds. The van der Waals surface area contributed by atoms with Gasteiger partial charge in [0, 0.05) is 23.2 Å². The van der Waals surface area contributed by atoms with Gasteiger partial charge in [0.05, 0.1) is 5.02 Å². The predicted molar refractivity (Wildman–Crippen MR) is 67.9 cm³/mol. The molecule has 1 aromatic heterocycles. The van der Waals surface area contributed by atoms with Crippen molar-refractivity contribution in [1.29, 1.82) is 0 Å². The fourth-order valence-electron chi connectivity index (χ4n) is 1.52. The minimum atomic E-state index is -0.325. The number of aromatic nitrogens is 1. The Balaban J connectivity index is 2.37. The van der Waals surface area contributed by atoms with Crippen LogP contribution < -0.4 is 5.73 Å². The Kier molecular flexibility index (Phi) is 3.50. The molecule has 0 radical (unpaired) electrons. The van der Waals surface area contributed by atoms with Crippen molar-refractivity contribution in [2.75, 3.05) is 5.73 Å². The summed E-state index contributed by atoms with van der Waals surface area (Å²) in [4.78, 5) is 3.92. The van der Waals surface area contributed by atoms with E-state index in [0.29, 0.717) is 33.4 Å². The van der Waals surface area contributed by atoms with E-state index in [4.69, 9.17) is 28.9 Å². The summed E-state index contributed by atoms with van der Waals surface area (Å²) in [7, 11) is 0. The van der Waals surface area contributed by atoms with E-state index in [9.17, 15) is 4.39 Å².